The molecule has 1 nitrogen and oxygen atoms in total. The Morgan fingerprint density at radius 2 is 2.00 bits per heavy atom. The van der Waals surface area contributed by atoms with Crippen LogP contribution in [0.25, 0.3) is 0 Å². The number of hydrogen-bond donors (Lipinski definition) is 1. The lowest BCUT2D eigenvalue weighted by Gasteiger charge is -2.14. The molecule has 84 valence electrons. The van der Waals surface area contributed by atoms with Gasteiger partial charge in [-0.05, 0) is 39.0 Å². The molecule has 0 aromatic rings. The van der Waals surface area contributed by atoms with Crippen molar-refractivity contribution >= 4 is 11.8 Å². The number of nitrogens with one attached hydrogen (secondary N) is 1. The van der Waals surface area contributed by atoms with Crippen molar-refractivity contribution in [2.24, 2.45) is 0 Å². The first-order valence-corrected chi connectivity index (χ1v) is 6.82. The summed E-state index contributed by atoms with van der Waals surface area (Å²) >= 11 is 2.05. The van der Waals surface area contributed by atoms with Gasteiger partial charge in [0.25, 0.3) is 0 Å². The minimum atomic E-state index is 0.566. The molecule has 2 heteroatoms. The standard InChI is InChI=1S/C12H25NS/c1-5-7-13-12(9-11(3)4)10-14-8-6-2/h9,12-13H,5-8,10H2,1-4H3. The Hall–Kier alpha value is 0.0500. The normalized spacial score (nSPS) is 12.6. The first-order chi connectivity index (χ1) is 6.70. The molecule has 0 amide bonds. The second-order valence-electron chi connectivity index (χ2n) is 3.88. The number of rotatable bonds is 8. The molecule has 0 aromatic carbocycles. The van der Waals surface area contributed by atoms with Crippen molar-refractivity contribution in [2.75, 3.05) is 18.1 Å². The molecule has 0 aliphatic rings. The summed E-state index contributed by atoms with van der Waals surface area (Å²) in [7, 11) is 0. The molecule has 1 atom stereocenters. The molecule has 0 spiro atoms. The zero-order chi connectivity index (χ0) is 10.8. The van der Waals surface area contributed by atoms with E-state index in [0.717, 1.165) is 6.54 Å². The average molecular weight is 215 g/mol. The van der Waals surface area contributed by atoms with E-state index in [-0.39, 0.29) is 0 Å². The van der Waals surface area contributed by atoms with E-state index in [1.807, 2.05) is 11.8 Å². The highest BCUT2D eigenvalue weighted by Crippen LogP contribution is 2.07. The van der Waals surface area contributed by atoms with Crippen LogP contribution in [0.15, 0.2) is 11.6 Å². The van der Waals surface area contributed by atoms with Crippen molar-refractivity contribution in [2.45, 2.75) is 46.6 Å². The summed E-state index contributed by atoms with van der Waals surface area (Å²) in [4.78, 5) is 0. The molecular formula is C12H25NS. The summed E-state index contributed by atoms with van der Waals surface area (Å²) in [5.41, 5.74) is 1.41. The Labute approximate surface area is 93.7 Å². The lowest BCUT2D eigenvalue weighted by molar-refractivity contribution is 0.627. The maximum absolute atomic E-state index is 3.56. The summed E-state index contributed by atoms with van der Waals surface area (Å²) in [5, 5.41) is 3.56. The van der Waals surface area contributed by atoms with Gasteiger partial charge in [0, 0.05) is 11.8 Å². The molecule has 0 aromatic heterocycles. The van der Waals surface area contributed by atoms with Gasteiger partial charge in [-0.15, -0.1) is 0 Å². The molecule has 0 saturated heterocycles. The maximum Gasteiger partial charge on any atom is 0.0343 e. The predicted molar refractivity (Wildman–Crippen MR) is 69.1 cm³/mol. The molecule has 1 unspecified atom stereocenters. The second-order valence-corrected chi connectivity index (χ2v) is 5.03. The van der Waals surface area contributed by atoms with E-state index in [4.69, 9.17) is 0 Å². The van der Waals surface area contributed by atoms with Crippen LogP contribution in [-0.2, 0) is 0 Å². The van der Waals surface area contributed by atoms with Gasteiger partial charge in [-0.2, -0.15) is 11.8 Å². The SMILES string of the molecule is CCCNC(C=C(C)C)CSCCC. The van der Waals surface area contributed by atoms with Crippen LogP contribution in [-0.4, -0.2) is 24.1 Å². The maximum atomic E-state index is 3.56. The highest BCUT2D eigenvalue weighted by molar-refractivity contribution is 7.99. The van der Waals surface area contributed by atoms with E-state index in [9.17, 15) is 0 Å². The summed E-state index contributed by atoms with van der Waals surface area (Å²) in [6.07, 6.45) is 4.84. The quantitative estimate of drug-likeness (QED) is 0.491. The number of hydrogen-bond acceptors (Lipinski definition) is 2. The Morgan fingerprint density at radius 1 is 1.29 bits per heavy atom. The summed E-state index contributed by atoms with van der Waals surface area (Å²) < 4.78 is 0. The Balaban J connectivity index is 3.79. The fourth-order valence-electron chi connectivity index (χ4n) is 1.25. The first kappa shape index (κ1) is 14.1. The third-order valence-electron chi connectivity index (χ3n) is 1.84. The molecule has 0 bridgehead atoms. The van der Waals surface area contributed by atoms with Gasteiger partial charge < -0.3 is 5.32 Å². The minimum Gasteiger partial charge on any atom is -0.310 e. The fourth-order valence-corrected chi connectivity index (χ4v) is 2.18. The number of allylic oxidation sites excluding steroid dienone is 1. The van der Waals surface area contributed by atoms with Crippen molar-refractivity contribution in [3.05, 3.63) is 11.6 Å². The van der Waals surface area contributed by atoms with Crippen molar-refractivity contribution < 1.29 is 0 Å². The van der Waals surface area contributed by atoms with E-state index in [2.05, 4.69) is 39.1 Å². The van der Waals surface area contributed by atoms with Crippen LogP contribution in [0.1, 0.15) is 40.5 Å². The zero-order valence-electron chi connectivity index (χ0n) is 10.1. The third kappa shape index (κ3) is 8.64. The molecule has 1 N–H and O–H groups in total. The summed E-state index contributed by atoms with van der Waals surface area (Å²) in [6, 6.07) is 0.566. The monoisotopic (exact) mass is 215 g/mol. The van der Waals surface area contributed by atoms with Gasteiger partial charge in [0.1, 0.15) is 0 Å². The van der Waals surface area contributed by atoms with Gasteiger partial charge in [-0.25, -0.2) is 0 Å². The van der Waals surface area contributed by atoms with Crippen LogP contribution in [0.2, 0.25) is 0 Å². The van der Waals surface area contributed by atoms with Crippen molar-refractivity contribution in [3.63, 3.8) is 0 Å². The van der Waals surface area contributed by atoms with Crippen LogP contribution >= 0.6 is 11.8 Å². The van der Waals surface area contributed by atoms with Gasteiger partial charge >= 0.3 is 0 Å². The van der Waals surface area contributed by atoms with Crippen LogP contribution in [0.3, 0.4) is 0 Å². The smallest absolute Gasteiger partial charge is 0.0343 e. The van der Waals surface area contributed by atoms with Gasteiger partial charge in [0.15, 0.2) is 0 Å². The minimum absolute atomic E-state index is 0.566. The molecule has 0 aliphatic heterocycles. The van der Waals surface area contributed by atoms with E-state index in [1.165, 1.54) is 29.9 Å². The van der Waals surface area contributed by atoms with Gasteiger partial charge in [-0.3, -0.25) is 0 Å². The predicted octanol–water partition coefficient (Wildman–Crippen LogP) is 3.46. The van der Waals surface area contributed by atoms with Crippen LogP contribution < -0.4 is 5.32 Å². The summed E-state index contributed by atoms with van der Waals surface area (Å²) in [5.74, 6) is 2.49. The van der Waals surface area contributed by atoms with E-state index < -0.39 is 0 Å². The molecule has 0 saturated carbocycles. The van der Waals surface area contributed by atoms with Gasteiger partial charge in [-0.1, -0.05) is 25.5 Å². The Bertz CT molecular complexity index is 150. The molecule has 0 radical (unpaired) electrons. The molecule has 0 rings (SSSR count). The van der Waals surface area contributed by atoms with Crippen LogP contribution in [0.4, 0.5) is 0 Å². The highest BCUT2D eigenvalue weighted by atomic mass is 32.2. The average Bonchev–Trinajstić information content (AvgIpc) is 2.13. The van der Waals surface area contributed by atoms with Crippen LogP contribution in [0.5, 0.6) is 0 Å². The topological polar surface area (TPSA) is 12.0 Å². The first-order valence-electron chi connectivity index (χ1n) is 5.66. The Morgan fingerprint density at radius 3 is 2.50 bits per heavy atom. The van der Waals surface area contributed by atoms with E-state index in [1.54, 1.807) is 0 Å². The van der Waals surface area contributed by atoms with Crippen molar-refractivity contribution in [1.29, 1.82) is 0 Å². The van der Waals surface area contributed by atoms with Crippen molar-refractivity contribution in [1.82, 2.24) is 5.32 Å². The lowest BCUT2D eigenvalue weighted by atomic mass is 10.2. The lowest BCUT2D eigenvalue weighted by Crippen LogP contribution is -2.30. The summed E-state index contributed by atoms with van der Waals surface area (Å²) in [6.45, 7) is 9.92. The second kappa shape index (κ2) is 9.60. The molecule has 14 heavy (non-hydrogen) atoms. The molecular weight excluding hydrogens is 190 g/mol. The molecule has 0 fully saturated rings. The largest absolute Gasteiger partial charge is 0.310 e. The van der Waals surface area contributed by atoms with E-state index >= 15 is 0 Å². The fraction of sp³-hybridized carbons (Fsp3) is 0.833. The molecule has 0 heterocycles. The Kier molecular flexibility index (Phi) is 9.63. The van der Waals surface area contributed by atoms with Crippen LogP contribution in [0, 0.1) is 0 Å². The zero-order valence-corrected chi connectivity index (χ0v) is 10.9. The van der Waals surface area contributed by atoms with Gasteiger partial charge in [0.2, 0.25) is 0 Å². The van der Waals surface area contributed by atoms with E-state index in [0.29, 0.717) is 6.04 Å². The van der Waals surface area contributed by atoms with Gasteiger partial charge in [0.05, 0.1) is 0 Å². The highest BCUT2D eigenvalue weighted by Gasteiger charge is 2.03. The number of thioether (sulfide) groups is 1. The molecule has 0 aliphatic carbocycles. The third-order valence-corrected chi connectivity index (χ3v) is 3.13. The van der Waals surface area contributed by atoms with Crippen molar-refractivity contribution in [3.8, 4) is 0 Å².